The quantitative estimate of drug-likeness (QED) is 0.910. The molecule has 0 aromatic carbocycles. The number of anilines is 2. The van der Waals surface area contributed by atoms with E-state index in [1.54, 1.807) is 16.9 Å². The maximum atomic E-state index is 12.1. The van der Waals surface area contributed by atoms with Gasteiger partial charge in [0.25, 0.3) is 0 Å². The minimum atomic E-state index is -0.292. The Morgan fingerprint density at radius 3 is 2.76 bits per heavy atom. The first-order chi connectivity index (χ1) is 10.1. The molecule has 1 saturated carbocycles. The van der Waals surface area contributed by atoms with Crippen molar-refractivity contribution >= 4 is 17.5 Å². The average Bonchev–Trinajstić information content (AvgIpc) is 2.71. The molecule has 1 fully saturated rings. The van der Waals surface area contributed by atoms with E-state index in [-0.39, 0.29) is 6.03 Å². The highest BCUT2D eigenvalue weighted by atomic mass is 16.2. The third kappa shape index (κ3) is 3.04. The Hall–Kier alpha value is -2.37. The van der Waals surface area contributed by atoms with E-state index in [9.17, 15) is 4.79 Å². The van der Waals surface area contributed by atoms with Gasteiger partial charge in [-0.3, -0.25) is 10.00 Å². The summed E-state index contributed by atoms with van der Waals surface area (Å²) in [7, 11) is 1.87. The predicted molar refractivity (Wildman–Crippen MR) is 81.4 cm³/mol. The fourth-order valence-electron chi connectivity index (χ4n) is 2.40. The van der Waals surface area contributed by atoms with Crippen LogP contribution in [0, 0.1) is 6.92 Å². The van der Waals surface area contributed by atoms with Crippen LogP contribution in [0.1, 0.15) is 36.4 Å². The van der Waals surface area contributed by atoms with Crippen molar-refractivity contribution in [2.45, 2.75) is 32.1 Å². The van der Waals surface area contributed by atoms with Gasteiger partial charge in [-0.2, -0.15) is 5.10 Å². The van der Waals surface area contributed by atoms with Crippen molar-refractivity contribution in [2.75, 3.05) is 10.6 Å². The molecule has 2 N–H and O–H groups in total. The monoisotopic (exact) mass is 285 g/mol. The topological polar surface area (TPSA) is 71.8 Å². The lowest BCUT2D eigenvalue weighted by Gasteiger charge is -2.24. The third-order valence-corrected chi connectivity index (χ3v) is 3.75. The summed E-state index contributed by atoms with van der Waals surface area (Å²) in [6.07, 6.45) is 7.09. The summed E-state index contributed by atoms with van der Waals surface area (Å²) in [5, 5.41) is 10.1. The molecule has 0 saturated heterocycles. The van der Waals surface area contributed by atoms with Crippen LogP contribution in [-0.2, 0) is 7.05 Å². The number of hydrogen-bond acceptors (Lipinski definition) is 3. The van der Waals surface area contributed by atoms with Crippen LogP contribution in [0.5, 0.6) is 0 Å². The molecule has 0 aliphatic heterocycles. The Balaban J connectivity index is 1.68. The molecule has 0 spiro atoms. The first-order valence-electron chi connectivity index (χ1n) is 7.16. The van der Waals surface area contributed by atoms with Crippen LogP contribution in [0.3, 0.4) is 0 Å². The van der Waals surface area contributed by atoms with Gasteiger partial charge in [0.05, 0.1) is 11.4 Å². The highest BCUT2D eigenvalue weighted by Gasteiger charge is 2.25. The highest BCUT2D eigenvalue weighted by molar-refractivity contribution is 5.99. The zero-order valence-electron chi connectivity index (χ0n) is 12.3. The summed E-state index contributed by atoms with van der Waals surface area (Å²) < 4.78 is 1.74. The number of carbonyl (C=O) groups is 1. The first-order valence-corrected chi connectivity index (χ1v) is 7.16. The van der Waals surface area contributed by atoms with Gasteiger partial charge in [-0.15, -0.1) is 0 Å². The molecule has 6 heteroatoms. The normalized spacial score (nSPS) is 14.6. The molecule has 0 bridgehead atoms. The molecule has 1 aliphatic carbocycles. The van der Waals surface area contributed by atoms with E-state index in [4.69, 9.17) is 0 Å². The van der Waals surface area contributed by atoms with Gasteiger partial charge in [0, 0.05) is 25.4 Å². The molecule has 0 atom stereocenters. The summed E-state index contributed by atoms with van der Waals surface area (Å²) >= 11 is 0. The van der Waals surface area contributed by atoms with Crippen LogP contribution in [0.2, 0.25) is 0 Å². The van der Waals surface area contributed by atoms with Gasteiger partial charge in [0.1, 0.15) is 5.82 Å². The van der Waals surface area contributed by atoms with Crippen LogP contribution >= 0.6 is 0 Å². The number of pyridine rings is 1. The van der Waals surface area contributed by atoms with Gasteiger partial charge < -0.3 is 5.32 Å². The van der Waals surface area contributed by atoms with Gasteiger partial charge in [0.15, 0.2) is 0 Å². The molecule has 21 heavy (non-hydrogen) atoms. The van der Waals surface area contributed by atoms with E-state index in [1.165, 1.54) is 6.42 Å². The number of aryl methyl sites for hydroxylation is 2. The molecular weight excluding hydrogens is 266 g/mol. The second kappa shape index (κ2) is 5.55. The number of urea groups is 1. The first kappa shape index (κ1) is 13.6. The number of aromatic nitrogens is 3. The van der Waals surface area contributed by atoms with Crippen LogP contribution in [0.15, 0.2) is 24.5 Å². The van der Waals surface area contributed by atoms with Crippen molar-refractivity contribution in [3.8, 4) is 0 Å². The summed E-state index contributed by atoms with van der Waals surface area (Å²) in [5.41, 5.74) is 2.82. The maximum Gasteiger partial charge on any atom is 0.324 e. The fourth-order valence-corrected chi connectivity index (χ4v) is 2.40. The van der Waals surface area contributed by atoms with Gasteiger partial charge in [-0.05, 0) is 31.4 Å². The molecular formula is C15H19N5O. The van der Waals surface area contributed by atoms with Crippen molar-refractivity contribution in [3.63, 3.8) is 0 Å². The molecule has 2 aromatic rings. The molecule has 1 aliphatic rings. The number of carbonyl (C=O) groups excluding carboxylic acids is 1. The maximum absolute atomic E-state index is 12.1. The number of amides is 2. The fraction of sp³-hybridized carbons (Fsp3) is 0.400. The predicted octanol–water partition coefficient (Wildman–Crippen LogP) is 3.04. The van der Waals surface area contributed by atoms with E-state index in [0.29, 0.717) is 11.7 Å². The smallest absolute Gasteiger partial charge is 0.305 e. The van der Waals surface area contributed by atoms with Gasteiger partial charge >= 0.3 is 6.03 Å². The Morgan fingerprint density at radius 2 is 2.14 bits per heavy atom. The van der Waals surface area contributed by atoms with E-state index < -0.39 is 0 Å². The van der Waals surface area contributed by atoms with E-state index in [1.807, 2.05) is 26.2 Å². The number of nitrogens with one attached hydrogen (secondary N) is 2. The van der Waals surface area contributed by atoms with E-state index >= 15 is 0 Å². The lowest BCUT2D eigenvalue weighted by Crippen LogP contribution is -2.21. The Morgan fingerprint density at radius 1 is 1.33 bits per heavy atom. The zero-order valence-corrected chi connectivity index (χ0v) is 12.3. The lowest BCUT2D eigenvalue weighted by atomic mass is 9.82. The van der Waals surface area contributed by atoms with E-state index in [2.05, 4.69) is 20.7 Å². The van der Waals surface area contributed by atoms with Crippen LogP contribution in [0.4, 0.5) is 16.3 Å². The average molecular weight is 285 g/mol. The van der Waals surface area contributed by atoms with Crippen molar-refractivity contribution in [2.24, 2.45) is 7.05 Å². The number of rotatable bonds is 3. The minimum Gasteiger partial charge on any atom is -0.305 e. The molecule has 0 unspecified atom stereocenters. The summed E-state index contributed by atoms with van der Waals surface area (Å²) in [5.74, 6) is 1.01. The Labute approximate surface area is 123 Å². The molecule has 2 amide bonds. The minimum absolute atomic E-state index is 0.292. The lowest BCUT2D eigenvalue weighted by molar-refractivity contribution is 0.262. The molecule has 6 nitrogen and oxygen atoms in total. The summed E-state index contributed by atoms with van der Waals surface area (Å²) in [6.45, 7) is 1.96. The van der Waals surface area contributed by atoms with Crippen LogP contribution in [0.25, 0.3) is 0 Å². The van der Waals surface area contributed by atoms with Crippen molar-refractivity contribution in [1.29, 1.82) is 0 Å². The van der Waals surface area contributed by atoms with Gasteiger partial charge in [0.2, 0.25) is 0 Å². The second-order valence-electron chi connectivity index (χ2n) is 5.53. The molecule has 3 rings (SSSR count). The molecule has 0 radical (unpaired) electrons. The number of nitrogens with zero attached hydrogens (tertiary/aromatic N) is 3. The third-order valence-electron chi connectivity index (χ3n) is 3.75. The Kier molecular flexibility index (Phi) is 3.60. The zero-order chi connectivity index (χ0) is 14.8. The van der Waals surface area contributed by atoms with Crippen molar-refractivity contribution < 1.29 is 4.79 Å². The SMILES string of the molecule is Cc1ccc(NC(=O)Nc2cn(C)nc2C2CCC2)nc1. The molecule has 2 heterocycles. The van der Waals surface area contributed by atoms with Crippen molar-refractivity contribution in [1.82, 2.24) is 14.8 Å². The molecule has 110 valence electrons. The summed E-state index contributed by atoms with van der Waals surface area (Å²) in [6, 6.07) is 3.40. The standard InChI is InChI=1S/C15H19N5O/c1-10-6-7-13(16-8-10)18-15(21)17-12-9-20(2)19-14(12)11-4-3-5-11/h6-9,11H,3-5H2,1-2H3,(H2,16,17,18,21). The second-order valence-corrected chi connectivity index (χ2v) is 5.53. The number of hydrogen-bond donors (Lipinski definition) is 2. The van der Waals surface area contributed by atoms with E-state index in [0.717, 1.165) is 29.8 Å². The van der Waals surface area contributed by atoms with Gasteiger partial charge in [-0.25, -0.2) is 9.78 Å². The van der Waals surface area contributed by atoms with Crippen LogP contribution in [-0.4, -0.2) is 20.8 Å². The largest absolute Gasteiger partial charge is 0.324 e. The van der Waals surface area contributed by atoms with Gasteiger partial charge in [-0.1, -0.05) is 12.5 Å². The van der Waals surface area contributed by atoms with Crippen molar-refractivity contribution in [3.05, 3.63) is 35.8 Å². The summed E-state index contributed by atoms with van der Waals surface area (Å²) in [4.78, 5) is 16.2. The molecule has 2 aromatic heterocycles. The Bertz CT molecular complexity index is 643. The highest BCUT2D eigenvalue weighted by Crippen LogP contribution is 2.38. The van der Waals surface area contributed by atoms with Crippen LogP contribution < -0.4 is 10.6 Å².